The molecule has 1 aliphatic rings. The van der Waals surface area contributed by atoms with Gasteiger partial charge in [-0.1, -0.05) is 0 Å². The molecule has 1 aliphatic heterocycles. The largest absolute Gasteiger partial charge is 0.324 e. The Morgan fingerprint density at radius 1 is 1.47 bits per heavy atom. The highest BCUT2D eigenvalue weighted by molar-refractivity contribution is 9.10. The first-order valence-electron chi connectivity index (χ1n) is 5.94. The molecule has 0 fully saturated rings. The summed E-state index contributed by atoms with van der Waals surface area (Å²) in [6, 6.07) is 5.54. The Bertz CT molecular complexity index is 665. The summed E-state index contributed by atoms with van der Waals surface area (Å²) in [7, 11) is 1.78. The van der Waals surface area contributed by atoms with E-state index in [4.69, 9.17) is 0 Å². The van der Waals surface area contributed by atoms with Gasteiger partial charge in [-0.15, -0.1) is 0 Å². The van der Waals surface area contributed by atoms with E-state index in [0.717, 1.165) is 27.1 Å². The van der Waals surface area contributed by atoms with Crippen molar-refractivity contribution in [2.75, 3.05) is 12.4 Å². The van der Waals surface area contributed by atoms with Crippen molar-refractivity contribution in [3.63, 3.8) is 0 Å². The summed E-state index contributed by atoms with van der Waals surface area (Å²) in [6.45, 7) is 1.94. The maximum Gasteiger partial charge on any atom is 0.246 e. The normalized spacial score (nSPS) is 17.4. The second kappa shape index (κ2) is 4.47. The molecule has 19 heavy (non-hydrogen) atoms. The summed E-state index contributed by atoms with van der Waals surface area (Å²) in [5.41, 5.74) is 3.64. The number of carbonyl (C=O) groups excluding carboxylic acids is 1. The molecule has 1 atom stereocenters. The van der Waals surface area contributed by atoms with Gasteiger partial charge in [-0.05, 0) is 48.1 Å². The van der Waals surface area contributed by atoms with E-state index in [0.29, 0.717) is 0 Å². The van der Waals surface area contributed by atoms with Gasteiger partial charge in [-0.3, -0.25) is 4.79 Å². The van der Waals surface area contributed by atoms with E-state index >= 15 is 0 Å². The van der Waals surface area contributed by atoms with Crippen molar-refractivity contribution >= 4 is 27.5 Å². The van der Waals surface area contributed by atoms with Gasteiger partial charge in [0, 0.05) is 21.9 Å². The molecule has 2 aromatic rings. The van der Waals surface area contributed by atoms with E-state index in [9.17, 15) is 4.79 Å². The van der Waals surface area contributed by atoms with Crippen LogP contribution in [0, 0.1) is 6.92 Å². The third kappa shape index (κ3) is 1.97. The Hall–Kier alpha value is -1.66. The van der Waals surface area contributed by atoms with Crippen LogP contribution in [0.5, 0.6) is 0 Å². The van der Waals surface area contributed by atoms with Crippen molar-refractivity contribution in [2.24, 2.45) is 0 Å². The number of rotatable bonds is 2. The molecule has 0 aliphatic carbocycles. The van der Waals surface area contributed by atoms with Gasteiger partial charge in [0.2, 0.25) is 5.91 Å². The summed E-state index contributed by atoms with van der Waals surface area (Å²) in [6.07, 6.45) is 1.90. The van der Waals surface area contributed by atoms with Crippen LogP contribution in [0.25, 0.3) is 5.69 Å². The number of nitrogens with zero attached hydrogens (tertiary/aromatic N) is 2. The van der Waals surface area contributed by atoms with Gasteiger partial charge in [0.25, 0.3) is 0 Å². The van der Waals surface area contributed by atoms with Gasteiger partial charge < -0.3 is 10.6 Å². The van der Waals surface area contributed by atoms with Crippen molar-refractivity contribution in [3.05, 3.63) is 40.1 Å². The second-order valence-corrected chi connectivity index (χ2v) is 5.36. The molecule has 0 spiro atoms. The van der Waals surface area contributed by atoms with E-state index in [2.05, 4.69) is 31.7 Å². The van der Waals surface area contributed by atoms with E-state index < -0.39 is 0 Å². The zero-order valence-electron chi connectivity index (χ0n) is 10.6. The molecule has 6 heteroatoms. The van der Waals surface area contributed by atoms with Crippen LogP contribution in [0.3, 0.4) is 0 Å². The molecule has 2 heterocycles. The Labute approximate surface area is 119 Å². The number of nitrogens with one attached hydrogen (secondary N) is 2. The SMILES string of the molecule is CNC1C(=O)Nc2cc(-n3ccc(C)n3)c(Br)cc21. The first-order valence-corrected chi connectivity index (χ1v) is 6.73. The number of halogens is 1. The topological polar surface area (TPSA) is 59.0 Å². The quantitative estimate of drug-likeness (QED) is 0.891. The number of benzene rings is 1. The van der Waals surface area contributed by atoms with Crippen molar-refractivity contribution in [1.82, 2.24) is 15.1 Å². The number of aryl methyl sites for hydroxylation is 1. The Kier molecular flexibility index (Phi) is 2.91. The Morgan fingerprint density at radius 2 is 2.26 bits per heavy atom. The average Bonchev–Trinajstić information content (AvgIpc) is 2.91. The third-order valence-corrected chi connectivity index (χ3v) is 3.84. The van der Waals surface area contributed by atoms with E-state index in [1.165, 1.54) is 0 Å². The minimum atomic E-state index is -0.292. The third-order valence-electron chi connectivity index (χ3n) is 3.21. The zero-order valence-corrected chi connectivity index (χ0v) is 12.2. The van der Waals surface area contributed by atoms with Crippen LogP contribution < -0.4 is 10.6 Å². The maximum absolute atomic E-state index is 11.8. The summed E-state index contributed by atoms with van der Waals surface area (Å²) in [4.78, 5) is 11.8. The monoisotopic (exact) mass is 320 g/mol. The molecular weight excluding hydrogens is 308 g/mol. The van der Waals surface area contributed by atoms with Crippen molar-refractivity contribution < 1.29 is 4.79 Å². The van der Waals surface area contributed by atoms with Gasteiger partial charge in [-0.25, -0.2) is 4.68 Å². The second-order valence-electron chi connectivity index (χ2n) is 4.50. The average molecular weight is 321 g/mol. The maximum atomic E-state index is 11.8. The highest BCUT2D eigenvalue weighted by atomic mass is 79.9. The number of amides is 1. The van der Waals surface area contributed by atoms with Crippen molar-refractivity contribution in [3.8, 4) is 5.69 Å². The summed E-state index contributed by atoms with van der Waals surface area (Å²) < 4.78 is 2.70. The Balaban J connectivity index is 2.12. The lowest BCUT2D eigenvalue weighted by molar-refractivity contribution is -0.117. The molecule has 0 saturated carbocycles. The number of aromatic nitrogens is 2. The van der Waals surface area contributed by atoms with Gasteiger partial charge in [-0.2, -0.15) is 5.10 Å². The van der Waals surface area contributed by atoms with Crippen LogP contribution in [0.2, 0.25) is 0 Å². The molecule has 0 radical (unpaired) electrons. The van der Waals surface area contributed by atoms with Crippen LogP contribution >= 0.6 is 15.9 Å². The number of hydrogen-bond acceptors (Lipinski definition) is 3. The summed E-state index contributed by atoms with van der Waals surface area (Å²) in [5, 5.41) is 10.3. The molecule has 0 saturated heterocycles. The lowest BCUT2D eigenvalue weighted by atomic mass is 10.1. The van der Waals surface area contributed by atoms with Crippen LogP contribution in [-0.4, -0.2) is 22.7 Å². The van der Waals surface area contributed by atoms with Gasteiger partial charge >= 0.3 is 0 Å². The molecule has 0 bridgehead atoms. The van der Waals surface area contributed by atoms with Crippen LogP contribution in [0.15, 0.2) is 28.9 Å². The Morgan fingerprint density at radius 3 is 2.89 bits per heavy atom. The predicted octanol–water partition coefficient (Wildman–Crippen LogP) is 2.16. The molecule has 1 unspecified atom stereocenters. The number of carbonyl (C=O) groups is 1. The van der Waals surface area contributed by atoms with Crippen LogP contribution in [0.4, 0.5) is 5.69 Å². The first kappa shape index (κ1) is 12.4. The van der Waals surface area contributed by atoms with Gasteiger partial charge in [0.1, 0.15) is 6.04 Å². The fraction of sp³-hybridized carbons (Fsp3) is 0.231. The standard InChI is InChI=1S/C13H13BrN4O/c1-7-3-4-18(17-7)11-6-10-8(5-9(11)14)12(15-2)13(19)16-10/h3-6,12,15H,1-2H3,(H,16,19). The smallest absolute Gasteiger partial charge is 0.246 e. The molecule has 5 nitrogen and oxygen atoms in total. The molecule has 98 valence electrons. The van der Waals surface area contributed by atoms with Crippen LogP contribution in [-0.2, 0) is 4.79 Å². The van der Waals surface area contributed by atoms with E-state index in [1.807, 2.05) is 31.3 Å². The molecule has 3 rings (SSSR count). The molecule has 1 aromatic carbocycles. The van der Waals surface area contributed by atoms with E-state index in [1.54, 1.807) is 11.7 Å². The number of hydrogen-bond donors (Lipinski definition) is 2. The molecular formula is C13H13BrN4O. The highest BCUT2D eigenvalue weighted by Gasteiger charge is 2.30. The zero-order chi connectivity index (χ0) is 13.6. The number of likely N-dealkylation sites (N-methyl/N-ethyl adjacent to an activating group) is 1. The minimum absolute atomic E-state index is 0.0294. The molecule has 1 aromatic heterocycles. The van der Waals surface area contributed by atoms with Crippen molar-refractivity contribution in [2.45, 2.75) is 13.0 Å². The van der Waals surface area contributed by atoms with Crippen molar-refractivity contribution in [1.29, 1.82) is 0 Å². The van der Waals surface area contributed by atoms with Crippen LogP contribution in [0.1, 0.15) is 17.3 Å². The highest BCUT2D eigenvalue weighted by Crippen LogP contribution is 2.36. The minimum Gasteiger partial charge on any atom is -0.324 e. The summed E-state index contributed by atoms with van der Waals surface area (Å²) in [5.74, 6) is -0.0294. The first-order chi connectivity index (χ1) is 9.10. The lowest BCUT2D eigenvalue weighted by Crippen LogP contribution is -2.23. The summed E-state index contributed by atoms with van der Waals surface area (Å²) >= 11 is 3.54. The fourth-order valence-electron chi connectivity index (χ4n) is 2.28. The van der Waals surface area contributed by atoms with Gasteiger partial charge in [0.05, 0.1) is 11.4 Å². The predicted molar refractivity (Wildman–Crippen MR) is 76.4 cm³/mol. The number of anilines is 1. The molecule has 1 amide bonds. The lowest BCUT2D eigenvalue weighted by Gasteiger charge is -2.10. The fourth-order valence-corrected chi connectivity index (χ4v) is 2.82. The number of fused-ring (bicyclic) bond motifs is 1. The molecule has 2 N–H and O–H groups in total. The van der Waals surface area contributed by atoms with E-state index in [-0.39, 0.29) is 11.9 Å². The van der Waals surface area contributed by atoms with Gasteiger partial charge in [0.15, 0.2) is 0 Å².